The molecule has 0 radical (unpaired) electrons. The molecule has 0 atom stereocenters. The van der Waals surface area contributed by atoms with Gasteiger partial charge in [0.2, 0.25) is 5.88 Å². The summed E-state index contributed by atoms with van der Waals surface area (Å²) >= 11 is 0. The number of nitriles is 3. The van der Waals surface area contributed by atoms with Crippen LogP contribution in [-0.2, 0) is 0 Å². The van der Waals surface area contributed by atoms with Gasteiger partial charge in [-0.3, -0.25) is 4.79 Å². The van der Waals surface area contributed by atoms with E-state index >= 15 is 0 Å². The van der Waals surface area contributed by atoms with Crippen molar-refractivity contribution in [2.45, 2.75) is 0 Å². The second kappa shape index (κ2) is 7.10. The van der Waals surface area contributed by atoms with E-state index in [0.717, 1.165) is 0 Å². The fourth-order valence-electron chi connectivity index (χ4n) is 2.45. The van der Waals surface area contributed by atoms with Crippen LogP contribution in [0.4, 0.5) is 5.82 Å². The molecule has 3 N–H and O–H groups in total. The predicted octanol–water partition coefficient (Wildman–Crippen LogP) is 2.43. The Labute approximate surface area is 153 Å². The maximum absolute atomic E-state index is 12.0. The Morgan fingerprint density at radius 1 is 0.963 bits per heavy atom. The number of ether oxygens (including phenoxy) is 1. The first-order valence-electron chi connectivity index (χ1n) is 7.57. The van der Waals surface area contributed by atoms with Crippen LogP contribution in [0.15, 0.2) is 47.4 Å². The number of nitrogens with one attached hydrogen (secondary N) is 1. The molecule has 0 aliphatic rings. The molecule has 1 aromatic carbocycles. The number of pyridine rings is 2. The van der Waals surface area contributed by atoms with Crippen LogP contribution in [0.1, 0.15) is 16.7 Å². The molecule has 3 rings (SSSR count). The van der Waals surface area contributed by atoms with Gasteiger partial charge in [0.15, 0.2) is 0 Å². The fourth-order valence-corrected chi connectivity index (χ4v) is 2.45. The number of hydrogen-bond donors (Lipinski definition) is 2. The van der Waals surface area contributed by atoms with Gasteiger partial charge in [0.05, 0.1) is 5.56 Å². The van der Waals surface area contributed by atoms with Crippen LogP contribution in [0.3, 0.4) is 0 Å². The highest BCUT2D eigenvalue weighted by Crippen LogP contribution is 2.30. The summed E-state index contributed by atoms with van der Waals surface area (Å²) < 4.78 is 5.59. The number of hydrogen-bond acceptors (Lipinski definition) is 7. The molecule has 0 spiro atoms. The Morgan fingerprint density at radius 2 is 1.67 bits per heavy atom. The van der Waals surface area contributed by atoms with Crippen molar-refractivity contribution in [2.75, 3.05) is 5.73 Å². The molecule has 0 bridgehead atoms. The van der Waals surface area contributed by atoms with Gasteiger partial charge in [-0.1, -0.05) is 12.1 Å². The summed E-state index contributed by atoms with van der Waals surface area (Å²) in [7, 11) is 0. The number of rotatable bonds is 3. The standard InChI is InChI=1S/C19H10N6O2/c20-7-11-1-6-16(24-10-11)27-13-4-2-12(3-5-13)17-14(8-21)18(23)25-19(26)15(17)9-22/h1-6,10H,(H3,23,25,26). The quantitative estimate of drug-likeness (QED) is 0.732. The van der Waals surface area contributed by atoms with Crippen molar-refractivity contribution in [3.8, 4) is 41.0 Å². The van der Waals surface area contributed by atoms with E-state index < -0.39 is 5.56 Å². The number of nitrogens with two attached hydrogens (primary N) is 1. The van der Waals surface area contributed by atoms with Crippen LogP contribution >= 0.6 is 0 Å². The molecule has 2 heterocycles. The van der Waals surface area contributed by atoms with Crippen LogP contribution in [-0.4, -0.2) is 9.97 Å². The normalized spacial score (nSPS) is 9.67. The zero-order chi connectivity index (χ0) is 19.4. The van der Waals surface area contributed by atoms with Gasteiger partial charge in [-0.05, 0) is 23.8 Å². The fraction of sp³-hybridized carbons (Fsp3) is 0. The van der Waals surface area contributed by atoms with Crippen molar-refractivity contribution in [3.63, 3.8) is 0 Å². The minimum absolute atomic E-state index is 0.0218. The molecule has 0 aliphatic heterocycles. The van der Waals surface area contributed by atoms with Gasteiger partial charge in [0, 0.05) is 17.8 Å². The molecular formula is C19H10N6O2. The Kier molecular flexibility index (Phi) is 4.53. The van der Waals surface area contributed by atoms with Crippen LogP contribution in [0, 0.1) is 34.0 Å². The van der Waals surface area contributed by atoms with Gasteiger partial charge in [-0.15, -0.1) is 0 Å². The predicted molar refractivity (Wildman–Crippen MR) is 95.4 cm³/mol. The van der Waals surface area contributed by atoms with E-state index in [1.807, 2.05) is 18.2 Å². The molecule has 0 amide bonds. The largest absolute Gasteiger partial charge is 0.439 e. The van der Waals surface area contributed by atoms with Crippen LogP contribution in [0.25, 0.3) is 11.1 Å². The van der Waals surface area contributed by atoms with E-state index in [2.05, 4.69) is 9.97 Å². The van der Waals surface area contributed by atoms with Crippen LogP contribution in [0.5, 0.6) is 11.6 Å². The van der Waals surface area contributed by atoms with Gasteiger partial charge < -0.3 is 15.5 Å². The monoisotopic (exact) mass is 354 g/mol. The average molecular weight is 354 g/mol. The summed E-state index contributed by atoms with van der Waals surface area (Å²) in [5, 5.41) is 27.4. The Balaban J connectivity index is 1.99. The second-order valence-electron chi connectivity index (χ2n) is 5.34. The molecule has 0 saturated carbocycles. The zero-order valence-corrected chi connectivity index (χ0v) is 13.7. The zero-order valence-electron chi connectivity index (χ0n) is 13.7. The lowest BCUT2D eigenvalue weighted by atomic mass is 9.97. The summed E-state index contributed by atoms with van der Waals surface area (Å²) in [5.41, 5.74) is 5.93. The third-order valence-electron chi connectivity index (χ3n) is 3.70. The first-order valence-corrected chi connectivity index (χ1v) is 7.57. The third kappa shape index (κ3) is 3.30. The lowest BCUT2D eigenvalue weighted by Gasteiger charge is -2.10. The van der Waals surface area contributed by atoms with Crippen molar-refractivity contribution in [1.82, 2.24) is 9.97 Å². The Morgan fingerprint density at radius 3 is 2.22 bits per heavy atom. The average Bonchev–Trinajstić information content (AvgIpc) is 2.69. The van der Waals surface area contributed by atoms with Gasteiger partial charge in [-0.2, -0.15) is 15.8 Å². The van der Waals surface area contributed by atoms with Gasteiger partial charge in [-0.25, -0.2) is 4.98 Å². The van der Waals surface area contributed by atoms with E-state index in [1.54, 1.807) is 36.4 Å². The maximum atomic E-state index is 12.0. The summed E-state index contributed by atoms with van der Waals surface area (Å²) in [4.78, 5) is 18.3. The number of benzene rings is 1. The van der Waals surface area contributed by atoms with E-state index in [9.17, 15) is 15.3 Å². The lowest BCUT2D eigenvalue weighted by Crippen LogP contribution is -2.16. The molecule has 8 nitrogen and oxygen atoms in total. The van der Waals surface area contributed by atoms with Gasteiger partial charge >= 0.3 is 0 Å². The minimum atomic E-state index is -0.661. The summed E-state index contributed by atoms with van der Waals surface area (Å²) in [6.45, 7) is 0. The van der Waals surface area contributed by atoms with Crippen molar-refractivity contribution in [2.24, 2.45) is 0 Å². The second-order valence-corrected chi connectivity index (χ2v) is 5.34. The van der Waals surface area contributed by atoms with Crippen LogP contribution < -0.4 is 16.0 Å². The smallest absolute Gasteiger partial charge is 0.268 e. The van der Waals surface area contributed by atoms with Crippen molar-refractivity contribution in [3.05, 3.63) is 69.6 Å². The Bertz CT molecular complexity index is 1190. The van der Waals surface area contributed by atoms with Gasteiger partial charge in [0.1, 0.15) is 40.9 Å². The molecule has 0 aliphatic carbocycles. The topological polar surface area (TPSA) is 152 Å². The number of anilines is 1. The maximum Gasteiger partial charge on any atom is 0.268 e. The molecule has 0 saturated heterocycles. The summed E-state index contributed by atoms with van der Waals surface area (Å²) in [6, 6.07) is 15.3. The molecule has 3 aromatic rings. The highest BCUT2D eigenvalue weighted by Gasteiger charge is 2.18. The molecule has 27 heavy (non-hydrogen) atoms. The summed E-state index contributed by atoms with van der Waals surface area (Å²) in [6.07, 6.45) is 1.39. The van der Waals surface area contributed by atoms with E-state index in [4.69, 9.17) is 15.7 Å². The third-order valence-corrected chi connectivity index (χ3v) is 3.70. The first kappa shape index (κ1) is 17.2. The van der Waals surface area contributed by atoms with Crippen molar-refractivity contribution < 1.29 is 4.74 Å². The molecule has 0 unspecified atom stereocenters. The van der Waals surface area contributed by atoms with E-state index in [0.29, 0.717) is 22.8 Å². The van der Waals surface area contributed by atoms with Gasteiger partial charge in [0.25, 0.3) is 5.56 Å². The number of H-pyrrole nitrogens is 1. The molecule has 8 heteroatoms. The summed E-state index contributed by atoms with van der Waals surface area (Å²) in [5.74, 6) is 0.655. The molecule has 2 aromatic heterocycles. The van der Waals surface area contributed by atoms with E-state index in [-0.39, 0.29) is 22.5 Å². The molecule has 128 valence electrons. The Hall–Kier alpha value is -4.61. The molecular weight excluding hydrogens is 344 g/mol. The number of aromatic amines is 1. The highest BCUT2D eigenvalue weighted by atomic mass is 16.5. The number of aromatic nitrogens is 2. The van der Waals surface area contributed by atoms with E-state index in [1.165, 1.54) is 6.20 Å². The van der Waals surface area contributed by atoms with Crippen molar-refractivity contribution in [1.29, 1.82) is 15.8 Å². The lowest BCUT2D eigenvalue weighted by molar-refractivity contribution is 0.463. The molecule has 0 fully saturated rings. The SMILES string of the molecule is N#Cc1ccc(Oc2ccc(-c3c(C#N)c(N)[nH]c(=O)c3C#N)cc2)nc1. The van der Waals surface area contributed by atoms with Crippen LogP contribution in [0.2, 0.25) is 0 Å². The van der Waals surface area contributed by atoms with Crippen molar-refractivity contribution >= 4 is 5.82 Å². The number of nitrogens with zero attached hydrogens (tertiary/aromatic N) is 4. The number of nitrogen functional groups attached to an aromatic ring is 1. The first-order chi connectivity index (χ1) is 13.1. The highest BCUT2D eigenvalue weighted by molar-refractivity contribution is 5.80. The minimum Gasteiger partial charge on any atom is -0.439 e.